The van der Waals surface area contributed by atoms with Gasteiger partial charge < -0.3 is 15.0 Å². The van der Waals surface area contributed by atoms with Gasteiger partial charge in [0.1, 0.15) is 5.82 Å². The topological polar surface area (TPSA) is 41.6 Å². The highest BCUT2D eigenvalue weighted by Crippen LogP contribution is 2.33. The molecule has 2 amide bonds. The number of carbonyl (C=O) groups excluding carboxylic acids is 1. The van der Waals surface area contributed by atoms with E-state index < -0.39 is 5.54 Å². The van der Waals surface area contributed by atoms with E-state index >= 15 is 0 Å². The Bertz CT molecular complexity index is 516. The van der Waals surface area contributed by atoms with E-state index in [4.69, 9.17) is 4.74 Å². The lowest BCUT2D eigenvalue weighted by Crippen LogP contribution is -2.59. The Hall–Kier alpha value is -1.62. The fraction of sp³-hybridized carbons (Fsp3) is 0.611. The Morgan fingerprint density at radius 2 is 2.04 bits per heavy atom. The molecule has 4 nitrogen and oxygen atoms in total. The quantitative estimate of drug-likeness (QED) is 0.836. The maximum absolute atomic E-state index is 13.2. The first-order valence-electron chi connectivity index (χ1n) is 8.36. The highest BCUT2D eigenvalue weighted by Gasteiger charge is 2.41. The zero-order valence-electron chi connectivity index (χ0n) is 14.3. The number of benzene rings is 1. The molecule has 0 aromatic heterocycles. The molecule has 1 aromatic carbocycles. The maximum atomic E-state index is 13.2. The summed E-state index contributed by atoms with van der Waals surface area (Å²) in [5.41, 5.74) is 0.481. The zero-order valence-corrected chi connectivity index (χ0v) is 14.3. The minimum atomic E-state index is -0.411. The monoisotopic (exact) mass is 322 g/mol. The van der Waals surface area contributed by atoms with E-state index in [-0.39, 0.29) is 17.9 Å². The first-order chi connectivity index (χ1) is 11.0. The fourth-order valence-electron chi connectivity index (χ4n) is 2.99. The van der Waals surface area contributed by atoms with Gasteiger partial charge in [0, 0.05) is 6.54 Å². The Morgan fingerprint density at radius 3 is 2.70 bits per heavy atom. The van der Waals surface area contributed by atoms with Gasteiger partial charge in [0.2, 0.25) is 0 Å². The largest absolute Gasteiger partial charge is 0.377 e. The number of urea groups is 1. The number of rotatable bonds is 5. The number of unbranched alkanes of at least 4 members (excludes halogenated alkanes) is 2. The molecule has 1 heterocycles. The number of nitrogens with one attached hydrogen (secondary N) is 1. The molecule has 0 bridgehead atoms. The van der Waals surface area contributed by atoms with Crippen LogP contribution in [0.1, 0.15) is 51.6 Å². The highest BCUT2D eigenvalue weighted by molar-refractivity contribution is 5.75. The molecule has 0 aliphatic carbocycles. The lowest BCUT2D eigenvalue weighted by molar-refractivity contribution is -0.0656. The van der Waals surface area contributed by atoms with Crippen LogP contribution >= 0.6 is 0 Å². The molecule has 1 aliphatic heterocycles. The number of hydrogen-bond acceptors (Lipinski definition) is 2. The van der Waals surface area contributed by atoms with Gasteiger partial charge in [-0.1, -0.05) is 31.9 Å². The summed E-state index contributed by atoms with van der Waals surface area (Å²) >= 11 is 0. The van der Waals surface area contributed by atoms with Gasteiger partial charge in [-0.2, -0.15) is 0 Å². The van der Waals surface area contributed by atoms with Crippen LogP contribution in [0.15, 0.2) is 24.3 Å². The SMILES string of the molecule is CCCCCNC(=O)N1[C@@H](c2ccc(F)cc2)COCC1(C)C. The molecule has 2 rings (SSSR count). The smallest absolute Gasteiger partial charge is 0.318 e. The third-order valence-corrected chi connectivity index (χ3v) is 4.22. The predicted molar refractivity (Wildman–Crippen MR) is 88.8 cm³/mol. The molecule has 1 aromatic rings. The van der Waals surface area contributed by atoms with E-state index in [0.29, 0.717) is 19.8 Å². The van der Waals surface area contributed by atoms with Crippen LogP contribution in [0.5, 0.6) is 0 Å². The van der Waals surface area contributed by atoms with Crippen LogP contribution in [0.4, 0.5) is 9.18 Å². The Morgan fingerprint density at radius 1 is 1.35 bits per heavy atom. The molecule has 128 valence electrons. The molecule has 23 heavy (non-hydrogen) atoms. The molecule has 1 fully saturated rings. The van der Waals surface area contributed by atoms with Crippen molar-refractivity contribution >= 4 is 6.03 Å². The number of hydrogen-bond donors (Lipinski definition) is 1. The van der Waals surface area contributed by atoms with E-state index in [1.54, 1.807) is 12.1 Å². The number of ether oxygens (including phenoxy) is 1. The van der Waals surface area contributed by atoms with Crippen molar-refractivity contribution in [1.29, 1.82) is 0 Å². The molecule has 0 spiro atoms. The maximum Gasteiger partial charge on any atom is 0.318 e. The minimum absolute atomic E-state index is 0.0799. The summed E-state index contributed by atoms with van der Waals surface area (Å²) in [4.78, 5) is 14.6. The van der Waals surface area contributed by atoms with Crippen molar-refractivity contribution in [2.45, 2.75) is 51.6 Å². The second-order valence-corrected chi connectivity index (χ2v) is 6.70. The van der Waals surface area contributed by atoms with Crippen molar-refractivity contribution in [3.63, 3.8) is 0 Å². The second-order valence-electron chi connectivity index (χ2n) is 6.70. The van der Waals surface area contributed by atoms with Crippen LogP contribution in [-0.2, 0) is 4.74 Å². The first-order valence-corrected chi connectivity index (χ1v) is 8.36. The number of morpholine rings is 1. The van der Waals surface area contributed by atoms with Gasteiger partial charge in [0.15, 0.2) is 0 Å². The molecule has 1 N–H and O–H groups in total. The van der Waals surface area contributed by atoms with Crippen molar-refractivity contribution in [3.05, 3.63) is 35.6 Å². The molecule has 1 saturated heterocycles. The number of carbonyl (C=O) groups is 1. The fourth-order valence-corrected chi connectivity index (χ4v) is 2.99. The zero-order chi connectivity index (χ0) is 16.9. The van der Waals surface area contributed by atoms with Crippen LogP contribution in [0, 0.1) is 5.82 Å². The van der Waals surface area contributed by atoms with Crippen molar-refractivity contribution in [2.75, 3.05) is 19.8 Å². The molecule has 0 saturated carbocycles. The minimum Gasteiger partial charge on any atom is -0.377 e. The van der Waals surface area contributed by atoms with Crippen LogP contribution < -0.4 is 5.32 Å². The predicted octanol–water partition coefficient (Wildman–Crippen LogP) is 3.88. The third kappa shape index (κ3) is 4.44. The van der Waals surface area contributed by atoms with Crippen LogP contribution in [0.25, 0.3) is 0 Å². The number of amides is 2. The summed E-state index contributed by atoms with van der Waals surface area (Å²) < 4.78 is 18.9. The summed E-state index contributed by atoms with van der Waals surface area (Å²) in [6.07, 6.45) is 3.21. The summed E-state index contributed by atoms with van der Waals surface area (Å²) in [5.74, 6) is -0.277. The van der Waals surface area contributed by atoms with E-state index in [0.717, 1.165) is 24.8 Å². The molecular formula is C18H27FN2O2. The number of halogens is 1. The van der Waals surface area contributed by atoms with Gasteiger partial charge in [-0.05, 0) is 38.0 Å². The van der Waals surface area contributed by atoms with Gasteiger partial charge in [-0.25, -0.2) is 9.18 Å². The highest BCUT2D eigenvalue weighted by atomic mass is 19.1. The van der Waals surface area contributed by atoms with Crippen molar-refractivity contribution in [1.82, 2.24) is 10.2 Å². The van der Waals surface area contributed by atoms with Crippen molar-refractivity contribution in [3.8, 4) is 0 Å². The van der Waals surface area contributed by atoms with Gasteiger partial charge in [0.25, 0.3) is 0 Å². The van der Waals surface area contributed by atoms with Gasteiger partial charge in [-0.15, -0.1) is 0 Å². The standard InChI is InChI=1S/C18H27FN2O2/c1-4-5-6-11-20-17(22)21-16(12-23-13-18(21,2)3)14-7-9-15(19)10-8-14/h7-10,16H,4-6,11-13H2,1-3H3,(H,20,22)/t16-/m1/s1. The molecule has 5 heteroatoms. The van der Waals surface area contributed by atoms with Crippen molar-refractivity contribution in [2.24, 2.45) is 0 Å². The average molecular weight is 322 g/mol. The van der Waals surface area contributed by atoms with E-state index in [1.807, 2.05) is 18.7 Å². The lowest BCUT2D eigenvalue weighted by Gasteiger charge is -2.47. The summed E-state index contributed by atoms with van der Waals surface area (Å²) in [7, 11) is 0. The lowest BCUT2D eigenvalue weighted by atomic mass is 9.95. The number of nitrogens with zero attached hydrogens (tertiary/aromatic N) is 1. The third-order valence-electron chi connectivity index (χ3n) is 4.22. The van der Waals surface area contributed by atoms with Crippen LogP contribution in [0.2, 0.25) is 0 Å². The van der Waals surface area contributed by atoms with Crippen molar-refractivity contribution < 1.29 is 13.9 Å². The van der Waals surface area contributed by atoms with E-state index in [1.165, 1.54) is 12.1 Å². The molecule has 0 radical (unpaired) electrons. The first kappa shape index (κ1) is 17.7. The Kier molecular flexibility index (Phi) is 5.99. The average Bonchev–Trinajstić information content (AvgIpc) is 2.51. The van der Waals surface area contributed by atoms with Gasteiger partial charge in [0.05, 0.1) is 24.8 Å². The van der Waals surface area contributed by atoms with Gasteiger partial charge >= 0.3 is 6.03 Å². The summed E-state index contributed by atoms with van der Waals surface area (Å²) in [5, 5.41) is 3.01. The molecule has 1 aliphatic rings. The molecule has 1 atom stereocenters. The van der Waals surface area contributed by atoms with E-state index in [2.05, 4.69) is 12.2 Å². The Labute approximate surface area is 138 Å². The van der Waals surface area contributed by atoms with Crippen LogP contribution in [0.3, 0.4) is 0 Å². The molecule has 0 unspecified atom stereocenters. The normalized spacial score (nSPS) is 20.3. The second kappa shape index (κ2) is 7.77. The molecular weight excluding hydrogens is 295 g/mol. The van der Waals surface area contributed by atoms with E-state index in [9.17, 15) is 9.18 Å². The summed E-state index contributed by atoms with van der Waals surface area (Å²) in [6.45, 7) is 7.72. The Balaban J connectivity index is 2.14. The summed E-state index contributed by atoms with van der Waals surface area (Å²) in [6, 6.07) is 6.02. The van der Waals surface area contributed by atoms with Gasteiger partial charge in [-0.3, -0.25) is 0 Å². The van der Waals surface area contributed by atoms with Crippen LogP contribution in [-0.4, -0.2) is 36.2 Å².